The molecule has 0 aromatic heterocycles. The summed E-state index contributed by atoms with van der Waals surface area (Å²) in [5, 5.41) is 0.553. The first-order valence-corrected chi connectivity index (χ1v) is 3.05. The molecule has 0 aliphatic heterocycles. The Morgan fingerprint density at radius 2 is 2.14 bits per heavy atom. The van der Waals surface area contributed by atoms with Crippen molar-refractivity contribution in [1.29, 1.82) is 0 Å². The first-order valence-electron chi connectivity index (χ1n) is 1.93. The Kier molecular flexibility index (Phi) is 4.72. The third-order valence-electron chi connectivity index (χ3n) is 0.454. The van der Waals surface area contributed by atoms with Crippen molar-refractivity contribution < 1.29 is 8.78 Å². The van der Waals surface area contributed by atoms with Gasteiger partial charge in [0.25, 0.3) is 0 Å². The van der Waals surface area contributed by atoms with Crippen molar-refractivity contribution in [3.8, 4) is 0 Å². The Balaban J connectivity index is 2.68. The maximum atomic E-state index is 11.2. The van der Waals surface area contributed by atoms with Gasteiger partial charge in [-0.3, -0.25) is 0 Å². The Morgan fingerprint density at radius 1 is 1.57 bits per heavy atom. The lowest BCUT2D eigenvalue weighted by Crippen LogP contribution is -1.89. The summed E-state index contributed by atoms with van der Waals surface area (Å²) in [4.78, 5) is 0. The van der Waals surface area contributed by atoms with Gasteiger partial charge in [-0.05, 0) is 6.42 Å². The van der Waals surface area contributed by atoms with Crippen molar-refractivity contribution in [2.24, 2.45) is 0 Å². The first-order chi connectivity index (χ1) is 3.27. The van der Waals surface area contributed by atoms with E-state index in [1.807, 2.05) is 0 Å². The topological polar surface area (TPSA) is 0 Å². The first kappa shape index (κ1) is 7.34. The van der Waals surface area contributed by atoms with Gasteiger partial charge in [0.2, 0.25) is 6.43 Å². The number of rotatable bonds is 3. The monoisotopic (exact) mass is 171 g/mol. The lowest BCUT2D eigenvalue weighted by molar-refractivity contribution is 0.148. The van der Waals surface area contributed by atoms with Crippen molar-refractivity contribution in [3.63, 3.8) is 0 Å². The molecule has 0 atom stereocenters. The van der Waals surface area contributed by atoms with Crippen LogP contribution in [0.15, 0.2) is 0 Å². The minimum Gasteiger partial charge on any atom is -0.211 e. The van der Waals surface area contributed by atoms with Crippen LogP contribution in [0.5, 0.6) is 0 Å². The number of hydrogen-bond donors (Lipinski definition) is 0. The zero-order valence-electron chi connectivity index (χ0n) is 3.70. The second-order valence-corrected chi connectivity index (χ2v) is 1.72. The molecule has 3 heteroatoms. The molecule has 0 aromatic rings. The molecule has 0 bridgehead atoms. The second kappa shape index (κ2) is 4.50. The SMILES string of the molecule is FC(F)C[CH]CBr. The van der Waals surface area contributed by atoms with Gasteiger partial charge in [0.15, 0.2) is 0 Å². The molecule has 0 saturated heterocycles. The molecule has 0 fully saturated rings. The zero-order chi connectivity index (χ0) is 5.70. The number of halogens is 3. The predicted octanol–water partition coefficient (Wildman–Crippen LogP) is 2.24. The van der Waals surface area contributed by atoms with Gasteiger partial charge in [0.1, 0.15) is 0 Å². The van der Waals surface area contributed by atoms with Crippen LogP contribution in [0.3, 0.4) is 0 Å². The Labute approximate surface area is 50.0 Å². The van der Waals surface area contributed by atoms with Crippen LogP contribution in [0.2, 0.25) is 0 Å². The van der Waals surface area contributed by atoms with Crippen LogP contribution in [0, 0.1) is 6.42 Å². The highest BCUT2D eigenvalue weighted by atomic mass is 79.9. The van der Waals surface area contributed by atoms with Gasteiger partial charge in [-0.25, -0.2) is 8.78 Å². The summed E-state index contributed by atoms with van der Waals surface area (Å²) in [7, 11) is 0. The largest absolute Gasteiger partial charge is 0.238 e. The minimum atomic E-state index is -2.18. The average Bonchev–Trinajstić information content (AvgIpc) is 1.61. The Bertz CT molecular complexity index is 38.7. The molecule has 0 aliphatic rings. The van der Waals surface area contributed by atoms with E-state index in [0.717, 1.165) is 0 Å². The Morgan fingerprint density at radius 3 is 2.29 bits per heavy atom. The second-order valence-electron chi connectivity index (χ2n) is 1.07. The normalized spacial score (nSPS) is 10.3. The highest BCUT2D eigenvalue weighted by Gasteiger charge is 1.98. The third-order valence-corrected chi connectivity index (χ3v) is 0.912. The van der Waals surface area contributed by atoms with E-state index in [9.17, 15) is 8.78 Å². The van der Waals surface area contributed by atoms with Crippen molar-refractivity contribution in [2.75, 3.05) is 5.33 Å². The summed E-state index contributed by atoms with van der Waals surface area (Å²) >= 11 is 2.99. The molecule has 0 unspecified atom stereocenters. The van der Waals surface area contributed by atoms with Crippen LogP contribution < -0.4 is 0 Å². The van der Waals surface area contributed by atoms with Gasteiger partial charge in [-0.15, -0.1) is 0 Å². The summed E-state index contributed by atoms with van der Waals surface area (Å²) < 4.78 is 22.3. The summed E-state index contributed by atoms with van der Waals surface area (Å²) in [5.74, 6) is 0. The minimum absolute atomic E-state index is 0.106. The maximum Gasteiger partial charge on any atom is 0.238 e. The quantitative estimate of drug-likeness (QED) is 0.572. The maximum absolute atomic E-state index is 11.2. The molecular formula is C4H6BrF2. The third kappa shape index (κ3) is 6.34. The molecule has 0 aliphatic carbocycles. The van der Waals surface area contributed by atoms with Gasteiger partial charge >= 0.3 is 0 Å². The standard InChI is InChI=1S/C4H6BrF2/c5-3-1-2-4(6)7/h1,4H,2-3H2. The molecule has 0 aromatic carbocycles. The molecule has 0 rings (SSSR count). The lowest BCUT2D eigenvalue weighted by Gasteiger charge is -1.90. The highest BCUT2D eigenvalue weighted by molar-refractivity contribution is 9.09. The fourth-order valence-corrected chi connectivity index (χ4v) is 0.453. The highest BCUT2D eigenvalue weighted by Crippen LogP contribution is 2.02. The lowest BCUT2D eigenvalue weighted by atomic mass is 10.4. The van der Waals surface area contributed by atoms with E-state index in [1.165, 1.54) is 6.42 Å². The van der Waals surface area contributed by atoms with Crippen LogP contribution in [-0.4, -0.2) is 11.8 Å². The van der Waals surface area contributed by atoms with Gasteiger partial charge < -0.3 is 0 Å². The average molecular weight is 172 g/mol. The van der Waals surface area contributed by atoms with Crippen molar-refractivity contribution in [3.05, 3.63) is 6.42 Å². The molecule has 0 spiro atoms. The van der Waals surface area contributed by atoms with Crippen LogP contribution in [-0.2, 0) is 0 Å². The fraction of sp³-hybridized carbons (Fsp3) is 0.750. The van der Waals surface area contributed by atoms with E-state index in [0.29, 0.717) is 5.33 Å². The number of alkyl halides is 3. The molecule has 0 nitrogen and oxygen atoms in total. The Hall–Kier alpha value is 0.340. The molecule has 43 valence electrons. The summed E-state index contributed by atoms with van der Waals surface area (Å²) in [6.45, 7) is 0. The van der Waals surface area contributed by atoms with Gasteiger partial charge in [0, 0.05) is 11.8 Å². The van der Waals surface area contributed by atoms with E-state index in [2.05, 4.69) is 15.9 Å². The molecule has 0 saturated carbocycles. The van der Waals surface area contributed by atoms with Gasteiger partial charge in [0.05, 0.1) is 0 Å². The van der Waals surface area contributed by atoms with E-state index in [4.69, 9.17) is 0 Å². The fourth-order valence-electron chi connectivity index (χ4n) is 0.189. The van der Waals surface area contributed by atoms with Gasteiger partial charge in [-0.2, -0.15) is 0 Å². The molecular weight excluding hydrogens is 166 g/mol. The smallest absolute Gasteiger partial charge is 0.211 e. The van der Waals surface area contributed by atoms with E-state index >= 15 is 0 Å². The van der Waals surface area contributed by atoms with Crippen LogP contribution in [0.4, 0.5) is 8.78 Å². The molecule has 7 heavy (non-hydrogen) atoms. The van der Waals surface area contributed by atoms with Crippen LogP contribution in [0.1, 0.15) is 6.42 Å². The predicted molar refractivity (Wildman–Crippen MR) is 28.7 cm³/mol. The van der Waals surface area contributed by atoms with E-state index in [1.54, 1.807) is 0 Å². The molecule has 1 radical (unpaired) electrons. The molecule has 0 amide bonds. The van der Waals surface area contributed by atoms with E-state index in [-0.39, 0.29) is 6.42 Å². The zero-order valence-corrected chi connectivity index (χ0v) is 5.29. The summed E-state index contributed by atoms with van der Waals surface area (Å²) in [5.41, 5.74) is 0. The number of hydrogen-bond acceptors (Lipinski definition) is 0. The molecule has 0 heterocycles. The van der Waals surface area contributed by atoms with Crippen molar-refractivity contribution in [1.82, 2.24) is 0 Å². The van der Waals surface area contributed by atoms with Crippen molar-refractivity contribution >= 4 is 15.9 Å². The van der Waals surface area contributed by atoms with Crippen LogP contribution >= 0.6 is 15.9 Å². The summed E-state index contributed by atoms with van der Waals surface area (Å²) in [6, 6.07) is 0. The molecule has 0 N–H and O–H groups in total. The van der Waals surface area contributed by atoms with Crippen molar-refractivity contribution in [2.45, 2.75) is 12.8 Å². The van der Waals surface area contributed by atoms with E-state index < -0.39 is 6.43 Å². The van der Waals surface area contributed by atoms with Crippen LogP contribution in [0.25, 0.3) is 0 Å². The van der Waals surface area contributed by atoms with Gasteiger partial charge in [-0.1, -0.05) is 15.9 Å². The summed E-state index contributed by atoms with van der Waals surface area (Å²) in [6.07, 6.45) is -0.798.